The highest BCUT2D eigenvalue weighted by atomic mass is 19.1. The number of rotatable bonds is 7. The van der Waals surface area contributed by atoms with Gasteiger partial charge in [-0.2, -0.15) is 0 Å². The first kappa shape index (κ1) is 18.3. The molecule has 0 aromatic heterocycles. The van der Waals surface area contributed by atoms with Crippen molar-refractivity contribution in [3.05, 3.63) is 59.4 Å². The highest BCUT2D eigenvalue weighted by Gasteiger charge is 2.22. The van der Waals surface area contributed by atoms with Gasteiger partial charge < -0.3 is 20.3 Å². The van der Waals surface area contributed by atoms with Gasteiger partial charge in [-0.15, -0.1) is 0 Å². The molecule has 25 heavy (non-hydrogen) atoms. The molecule has 1 amide bonds. The molecule has 0 saturated carbocycles. The number of nitrogens with two attached hydrogens (primary N) is 1. The summed E-state index contributed by atoms with van der Waals surface area (Å²) in [5, 5.41) is 9.71. The number of halogens is 1. The molecule has 0 aliphatic carbocycles. The van der Waals surface area contributed by atoms with Crippen molar-refractivity contribution in [3.8, 4) is 11.5 Å². The molecular formula is C18H18FNO5. The second-order valence-electron chi connectivity index (χ2n) is 5.33. The fourth-order valence-corrected chi connectivity index (χ4v) is 2.26. The van der Waals surface area contributed by atoms with E-state index in [1.54, 1.807) is 12.1 Å². The number of carbonyl (C=O) groups is 2. The topological polar surface area (TPSA) is 98.9 Å². The number of aromatic hydroxyl groups is 1. The normalized spacial score (nSPS) is 11.6. The average Bonchev–Trinajstić information content (AvgIpc) is 2.58. The van der Waals surface area contributed by atoms with Crippen LogP contribution in [0.4, 0.5) is 4.39 Å². The van der Waals surface area contributed by atoms with E-state index < -0.39 is 23.8 Å². The van der Waals surface area contributed by atoms with E-state index in [0.29, 0.717) is 23.3 Å². The molecule has 0 bridgehead atoms. The Hall–Kier alpha value is -3.09. The number of carbonyl (C=O) groups excluding carboxylic acids is 2. The summed E-state index contributed by atoms with van der Waals surface area (Å²) in [6.45, 7) is 0. The van der Waals surface area contributed by atoms with Crippen molar-refractivity contribution in [2.24, 2.45) is 5.73 Å². The lowest BCUT2D eigenvalue weighted by Crippen LogP contribution is -2.26. The molecule has 0 spiro atoms. The Kier molecular flexibility index (Phi) is 5.94. The predicted molar refractivity (Wildman–Crippen MR) is 87.4 cm³/mol. The molecule has 2 rings (SSSR count). The number of hydrogen-bond donors (Lipinski definition) is 2. The Morgan fingerprint density at radius 1 is 1.20 bits per heavy atom. The van der Waals surface area contributed by atoms with E-state index in [-0.39, 0.29) is 12.2 Å². The van der Waals surface area contributed by atoms with Crippen molar-refractivity contribution in [3.63, 3.8) is 0 Å². The third kappa shape index (κ3) is 4.94. The van der Waals surface area contributed by atoms with Crippen molar-refractivity contribution in [1.82, 2.24) is 0 Å². The average molecular weight is 347 g/mol. The van der Waals surface area contributed by atoms with Gasteiger partial charge >= 0.3 is 5.97 Å². The number of benzene rings is 2. The van der Waals surface area contributed by atoms with Gasteiger partial charge in [0.2, 0.25) is 6.10 Å². The first-order chi connectivity index (χ1) is 11.9. The molecule has 2 aromatic rings. The van der Waals surface area contributed by atoms with Crippen LogP contribution in [-0.4, -0.2) is 24.1 Å². The molecular weight excluding hydrogens is 329 g/mol. The molecule has 0 heterocycles. The lowest BCUT2D eigenvalue weighted by atomic mass is 10.1. The van der Waals surface area contributed by atoms with Crippen LogP contribution in [0.3, 0.4) is 0 Å². The number of phenols is 1. The monoisotopic (exact) mass is 347 g/mol. The van der Waals surface area contributed by atoms with Crippen molar-refractivity contribution >= 4 is 11.9 Å². The predicted octanol–water partition coefficient (Wildman–Crippen LogP) is 2.24. The first-order valence-electron chi connectivity index (χ1n) is 7.51. The van der Waals surface area contributed by atoms with Gasteiger partial charge in [-0.25, -0.2) is 4.39 Å². The molecule has 132 valence electrons. The first-order valence-corrected chi connectivity index (χ1v) is 7.51. The summed E-state index contributed by atoms with van der Waals surface area (Å²) in [4.78, 5) is 23.5. The maximum absolute atomic E-state index is 13.0. The second-order valence-corrected chi connectivity index (χ2v) is 5.33. The number of primary amides is 1. The Balaban J connectivity index is 1.98. The highest BCUT2D eigenvalue weighted by Crippen LogP contribution is 2.27. The van der Waals surface area contributed by atoms with Crippen LogP contribution in [0.25, 0.3) is 0 Å². The third-order valence-electron chi connectivity index (χ3n) is 3.54. The zero-order chi connectivity index (χ0) is 18.4. The summed E-state index contributed by atoms with van der Waals surface area (Å²) in [6.07, 6.45) is -1.00. The fourth-order valence-electron chi connectivity index (χ4n) is 2.26. The number of methoxy groups -OCH3 is 1. The van der Waals surface area contributed by atoms with Crippen molar-refractivity contribution < 1.29 is 28.6 Å². The molecule has 6 nitrogen and oxygen atoms in total. The molecule has 3 N–H and O–H groups in total. The summed E-state index contributed by atoms with van der Waals surface area (Å²) >= 11 is 0. The smallest absolute Gasteiger partial charge is 0.307 e. The van der Waals surface area contributed by atoms with Gasteiger partial charge in [-0.1, -0.05) is 18.2 Å². The molecule has 1 unspecified atom stereocenters. The SMILES string of the molecule is COc1ccc(CCC(=O)OC(C(N)=O)c2ccc(F)cc2)cc1O. The maximum atomic E-state index is 13.0. The van der Waals surface area contributed by atoms with Crippen LogP contribution in [0, 0.1) is 5.82 Å². The zero-order valence-corrected chi connectivity index (χ0v) is 13.6. The Morgan fingerprint density at radius 3 is 2.44 bits per heavy atom. The van der Waals surface area contributed by atoms with E-state index in [1.165, 1.54) is 25.3 Å². The molecule has 0 aliphatic heterocycles. The van der Waals surface area contributed by atoms with E-state index in [4.69, 9.17) is 15.2 Å². The highest BCUT2D eigenvalue weighted by molar-refractivity contribution is 5.83. The van der Waals surface area contributed by atoms with Crippen LogP contribution in [-0.2, 0) is 20.7 Å². The largest absolute Gasteiger partial charge is 0.504 e. The molecule has 1 atom stereocenters. The van der Waals surface area contributed by atoms with E-state index >= 15 is 0 Å². The van der Waals surface area contributed by atoms with Gasteiger partial charge in [-0.3, -0.25) is 9.59 Å². The lowest BCUT2D eigenvalue weighted by molar-refractivity contribution is -0.155. The lowest BCUT2D eigenvalue weighted by Gasteiger charge is -2.15. The number of aryl methyl sites for hydroxylation is 1. The molecule has 0 saturated heterocycles. The fraction of sp³-hybridized carbons (Fsp3) is 0.222. The Morgan fingerprint density at radius 2 is 1.88 bits per heavy atom. The van der Waals surface area contributed by atoms with Gasteiger partial charge in [0.05, 0.1) is 7.11 Å². The standard InChI is InChI=1S/C18H18FNO5/c1-24-15-8-2-11(10-14(15)21)3-9-16(22)25-17(18(20)23)12-4-6-13(19)7-5-12/h2,4-8,10,17,21H,3,9H2,1H3,(H2,20,23). The van der Waals surface area contributed by atoms with Gasteiger partial charge in [0.1, 0.15) is 5.82 Å². The number of esters is 1. The number of phenolic OH excluding ortho intramolecular Hbond substituents is 1. The number of amides is 1. The summed E-state index contributed by atoms with van der Waals surface area (Å²) in [5.41, 5.74) is 6.25. The van der Waals surface area contributed by atoms with Crippen molar-refractivity contribution in [2.75, 3.05) is 7.11 Å². The van der Waals surface area contributed by atoms with Crippen LogP contribution in [0.2, 0.25) is 0 Å². The van der Waals surface area contributed by atoms with Gasteiger partial charge in [0.15, 0.2) is 11.5 Å². The van der Waals surface area contributed by atoms with Crippen LogP contribution in [0.5, 0.6) is 11.5 Å². The van der Waals surface area contributed by atoms with Crippen LogP contribution in [0.15, 0.2) is 42.5 Å². The molecule has 0 aliphatic rings. The molecule has 7 heteroatoms. The molecule has 0 fully saturated rings. The minimum Gasteiger partial charge on any atom is -0.504 e. The minimum absolute atomic E-state index is 0.0171. The maximum Gasteiger partial charge on any atom is 0.307 e. The van der Waals surface area contributed by atoms with Gasteiger partial charge in [-0.05, 0) is 36.2 Å². The Labute approximate surface area is 144 Å². The van der Waals surface area contributed by atoms with E-state index in [2.05, 4.69) is 0 Å². The summed E-state index contributed by atoms with van der Waals surface area (Å²) < 4.78 is 23.0. The quantitative estimate of drug-likeness (QED) is 0.749. The molecule has 2 aromatic carbocycles. The zero-order valence-electron chi connectivity index (χ0n) is 13.6. The Bertz CT molecular complexity index is 761. The van der Waals surface area contributed by atoms with Crippen molar-refractivity contribution in [1.29, 1.82) is 0 Å². The summed E-state index contributed by atoms with van der Waals surface area (Å²) in [5.74, 6) is -1.66. The van der Waals surface area contributed by atoms with E-state index in [0.717, 1.165) is 12.1 Å². The number of hydrogen-bond acceptors (Lipinski definition) is 5. The van der Waals surface area contributed by atoms with Crippen LogP contribution < -0.4 is 10.5 Å². The summed E-state index contributed by atoms with van der Waals surface area (Å²) in [6, 6.07) is 9.74. The van der Waals surface area contributed by atoms with Crippen LogP contribution >= 0.6 is 0 Å². The molecule has 0 radical (unpaired) electrons. The van der Waals surface area contributed by atoms with E-state index in [9.17, 15) is 19.1 Å². The van der Waals surface area contributed by atoms with Crippen LogP contribution in [0.1, 0.15) is 23.7 Å². The number of ether oxygens (including phenoxy) is 2. The van der Waals surface area contributed by atoms with Gasteiger partial charge in [0, 0.05) is 12.0 Å². The van der Waals surface area contributed by atoms with Crippen molar-refractivity contribution in [2.45, 2.75) is 18.9 Å². The summed E-state index contributed by atoms with van der Waals surface area (Å²) in [7, 11) is 1.44. The third-order valence-corrected chi connectivity index (χ3v) is 3.54. The second kappa shape index (κ2) is 8.14. The van der Waals surface area contributed by atoms with Gasteiger partial charge in [0.25, 0.3) is 5.91 Å². The van der Waals surface area contributed by atoms with E-state index in [1.807, 2.05) is 0 Å². The minimum atomic E-state index is -1.28.